The molecule has 0 unspecified atom stereocenters. The van der Waals surface area contributed by atoms with Crippen LogP contribution in [0.5, 0.6) is 0 Å². The van der Waals surface area contributed by atoms with Gasteiger partial charge in [0.2, 0.25) is 0 Å². The van der Waals surface area contributed by atoms with Gasteiger partial charge < -0.3 is 10.2 Å². The average Bonchev–Trinajstić information content (AvgIpc) is 3.24. The van der Waals surface area contributed by atoms with Gasteiger partial charge in [-0.3, -0.25) is 4.79 Å². The molecule has 2 saturated heterocycles. The molecule has 146 valence electrons. The molecule has 3 atom stereocenters. The summed E-state index contributed by atoms with van der Waals surface area (Å²) in [4.78, 5) is 14.5. The summed E-state index contributed by atoms with van der Waals surface area (Å²) in [6.45, 7) is 0. The van der Waals surface area contributed by atoms with Gasteiger partial charge in [0, 0.05) is 6.04 Å². The summed E-state index contributed by atoms with van der Waals surface area (Å²) in [7, 11) is 0. The number of nitriles is 2. The SMILES string of the molecule is N#CCc1cc(F)cc(-c2ccc(C(=O)N[C@@H]3C[C@@H]4CC[C@H]3N4C#N)c(Cl)c2)c1. The van der Waals surface area contributed by atoms with Gasteiger partial charge in [0.25, 0.3) is 5.91 Å². The lowest BCUT2D eigenvalue weighted by Crippen LogP contribution is -2.43. The number of carbonyl (C=O) groups excluding carboxylic acids is 1. The minimum Gasteiger partial charge on any atom is -0.347 e. The number of nitrogens with one attached hydrogen (secondary N) is 1. The molecular weight excluding hydrogens is 391 g/mol. The van der Waals surface area contributed by atoms with Crippen molar-refractivity contribution in [3.05, 3.63) is 58.4 Å². The van der Waals surface area contributed by atoms with Gasteiger partial charge in [-0.05, 0) is 66.3 Å². The van der Waals surface area contributed by atoms with E-state index in [9.17, 15) is 14.4 Å². The third-order valence-corrected chi connectivity index (χ3v) is 6.07. The monoisotopic (exact) mass is 408 g/mol. The molecular formula is C22H18ClFN4O. The van der Waals surface area contributed by atoms with Crippen molar-refractivity contribution in [3.63, 3.8) is 0 Å². The van der Waals surface area contributed by atoms with Crippen molar-refractivity contribution < 1.29 is 9.18 Å². The van der Waals surface area contributed by atoms with E-state index in [1.807, 2.05) is 6.07 Å². The molecule has 0 aromatic heterocycles. The molecule has 0 radical (unpaired) electrons. The van der Waals surface area contributed by atoms with E-state index in [0.29, 0.717) is 22.3 Å². The minimum absolute atomic E-state index is 0.0536. The fourth-order valence-corrected chi connectivity index (χ4v) is 4.70. The van der Waals surface area contributed by atoms with Crippen molar-refractivity contribution >= 4 is 17.5 Å². The summed E-state index contributed by atoms with van der Waals surface area (Å²) in [5.41, 5.74) is 2.19. The number of benzene rings is 2. The number of rotatable bonds is 4. The molecule has 2 aliphatic rings. The molecule has 1 amide bonds. The lowest BCUT2D eigenvalue weighted by atomic mass is 9.95. The number of hydrogen-bond acceptors (Lipinski definition) is 4. The molecule has 2 aliphatic heterocycles. The van der Waals surface area contributed by atoms with Gasteiger partial charge in [-0.15, -0.1) is 0 Å². The van der Waals surface area contributed by atoms with Gasteiger partial charge in [-0.1, -0.05) is 17.7 Å². The Morgan fingerprint density at radius 1 is 1.21 bits per heavy atom. The molecule has 2 heterocycles. The number of halogens is 2. The van der Waals surface area contributed by atoms with E-state index >= 15 is 0 Å². The number of nitrogens with zero attached hydrogens (tertiary/aromatic N) is 3. The zero-order chi connectivity index (χ0) is 20.5. The zero-order valence-corrected chi connectivity index (χ0v) is 16.3. The Hall–Kier alpha value is -3.09. The van der Waals surface area contributed by atoms with E-state index in [-0.39, 0.29) is 35.5 Å². The Labute approximate surface area is 173 Å². The standard InChI is InChI=1S/C22H18ClFN4O/c23-19-10-14(15-7-13(5-6-25)8-16(24)9-15)1-3-18(19)22(29)27-20-11-17-2-4-21(20)28(17)12-26/h1,3,7-10,17,20-21H,2,4-5,11H2,(H,27,29)/t17-,20+,21+/m0/s1. The second kappa shape index (κ2) is 7.73. The predicted octanol–water partition coefficient (Wildman–Crippen LogP) is 4.03. The second-order valence-corrected chi connectivity index (χ2v) is 7.91. The van der Waals surface area contributed by atoms with E-state index in [2.05, 4.69) is 11.5 Å². The first-order valence-electron chi connectivity index (χ1n) is 9.45. The van der Waals surface area contributed by atoms with Crippen LogP contribution in [0, 0.1) is 28.6 Å². The number of amides is 1. The van der Waals surface area contributed by atoms with Crippen LogP contribution in [0.2, 0.25) is 5.02 Å². The first-order chi connectivity index (χ1) is 14.0. The Balaban J connectivity index is 1.53. The number of fused-ring (bicyclic) bond motifs is 2. The van der Waals surface area contributed by atoms with Gasteiger partial charge in [0.15, 0.2) is 6.19 Å². The molecule has 29 heavy (non-hydrogen) atoms. The maximum Gasteiger partial charge on any atom is 0.253 e. The molecule has 2 aromatic carbocycles. The van der Waals surface area contributed by atoms with E-state index in [1.54, 1.807) is 29.2 Å². The highest BCUT2D eigenvalue weighted by Crippen LogP contribution is 2.37. The summed E-state index contributed by atoms with van der Waals surface area (Å²) >= 11 is 6.37. The molecule has 0 spiro atoms. The van der Waals surface area contributed by atoms with E-state index < -0.39 is 5.82 Å². The van der Waals surface area contributed by atoms with Crippen LogP contribution in [0.25, 0.3) is 11.1 Å². The first-order valence-corrected chi connectivity index (χ1v) is 9.83. The lowest BCUT2D eigenvalue weighted by molar-refractivity contribution is 0.0928. The molecule has 7 heteroatoms. The van der Waals surface area contributed by atoms with Crippen LogP contribution in [0.1, 0.15) is 35.2 Å². The molecule has 4 rings (SSSR count). The minimum atomic E-state index is -0.427. The summed E-state index contributed by atoms with van der Waals surface area (Å²) in [6.07, 6.45) is 5.00. The number of hydrogen-bond donors (Lipinski definition) is 1. The van der Waals surface area contributed by atoms with Crippen LogP contribution in [0.4, 0.5) is 4.39 Å². The Morgan fingerprint density at radius 2 is 2.03 bits per heavy atom. The van der Waals surface area contributed by atoms with Crippen molar-refractivity contribution in [1.29, 1.82) is 10.5 Å². The van der Waals surface area contributed by atoms with Gasteiger partial charge in [0.05, 0.1) is 35.2 Å². The predicted molar refractivity (Wildman–Crippen MR) is 106 cm³/mol. The van der Waals surface area contributed by atoms with Crippen LogP contribution in [-0.2, 0) is 6.42 Å². The molecule has 2 aromatic rings. The fraction of sp³-hybridized carbons (Fsp3) is 0.318. The normalized spacial score (nSPS) is 22.2. The van der Waals surface area contributed by atoms with Crippen molar-refractivity contribution in [3.8, 4) is 23.4 Å². The fourth-order valence-electron chi connectivity index (χ4n) is 4.44. The van der Waals surface area contributed by atoms with Gasteiger partial charge >= 0.3 is 0 Å². The molecule has 0 saturated carbocycles. The molecule has 5 nitrogen and oxygen atoms in total. The second-order valence-electron chi connectivity index (χ2n) is 7.50. The maximum atomic E-state index is 13.9. The Kier molecular flexibility index (Phi) is 5.13. The molecule has 0 aliphatic carbocycles. The van der Waals surface area contributed by atoms with Crippen molar-refractivity contribution in [1.82, 2.24) is 10.2 Å². The van der Waals surface area contributed by atoms with Crippen LogP contribution in [0.3, 0.4) is 0 Å². The van der Waals surface area contributed by atoms with E-state index in [1.165, 1.54) is 12.1 Å². The first kappa shape index (κ1) is 19.2. The average molecular weight is 409 g/mol. The van der Waals surface area contributed by atoms with Crippen LogP contribution in [0.15, 0.2) is 36.4 Å². The molecule has 2 bridgehead atoms. The maximum absolute atomic E-state index is 13.9. The summed E-state index contributed by atoms with van der Waals surface area (Å²) in [5, 5.41) is 21.4. The summed E-state index contributed by atoms with van der Waals surface area (Å²) < 4.78 is 13.9. The van der Waals surface area contributed by atoms with Gasteiger partial charge in [0.1, 0.15) is 5.82 Å². The third kappa shape index (κ3) is 3.64. The smallest absolute Gasteiger partial charge is 0.253 e. The highest BCUT2D eigenvalue weighted by molar-refractivity contribution is 6.34. The number of carbonyl (C=O) groups is 1. The third-order valence-electron chi connectivity index (χ3n) is 5.76. The van der Waals surface area contributed by atoms with Crippen molar-refractivity contribution in [2.45, 2.75) is 43.8 Å². The Bertz CT molecular complexity index is 1060. The van der Waals surface area contributed by atoms with Gasteiger partial charge in [-0.2, -0.15) is 10.5 Å². The highest BCUT2D eigenvalue weighted by Gasteiger charge is 2.46. The van der Waals surface area contributed by atoms with Crippen molar-refractivity contribution in [2.24, 2.45) is 0 Å². The summed E-state index contributed by atoms with van der Waals surface area (Å²) in [6, 6.07) is 11.6. The zero-order valence-electron chi connectivity index (χ0n) is 15.5. The van der Waals surface area contributed by atoms with E-state index in [0.717, 1.165) is 19.3 Å². The van der Waals surface area contributed by atoms with Crippen molar-refractivity contribution in [2.75, 3.05) is 0 Å². The quantitative estimate of drug-likeness (QED) is 0.774. The topological polar surface area (TPSA) is 79.9 Å². The molecule has 2 fully saturated rings. The molecule has 1 N–H and O–H groups in total. The summed E-state index contributed by atoms with van der Waals surface area (Å²) in [5.74, 6) is -0.703. The van der Waals surface area contributed by atoms with Crippen LogP contribution in [-0.4, -0.2) is 28.9 Å². The lowest BCUT2D eigenvalue weighted by Gasteiger charge is -2.22. The van der Waals surface area contributed by atoms with Crippen LogP contribution < -0.4 is 5.32 Å². The van der Waals surface area contributed by atoms with Gasteiger partial charge in [-0.25, -0.2) is 4.39 Å². The highest BCUT2D eigenvalue weighted by atomic mass is 35.5. The van der Waals surface area contributed by atoms with E-state index in [4.69, 9.17) is 16.9 Å². The Morgan fingerprint density at radius 3 is 2.72 bits per heavy atom. The van der Waals surface area contributed by atoms with Crippen LogP contribution >= 0.6 is 11.6 Å². The largest absolute Gasteiger partial charge is 0.347 e.